The molecule has 1 heterocycles. The van der Waals surface area contributed by atoms with E-state index in [0.717, 1.165) is 23.7 Å². The monoisotopic (exact) mass is 516 g/mol. The Labute approximate surface area is 202 Å². The van der Waals surface area contributed by atoms with Crippen molar-refractivity contribution in [2.75, 3.05) is 27.9 Å². The zero-order valence-corrected chi connectivity index (χ0v) is 20.9. The SMILES string of the molecule is COc1cc(/C=C(\NC(=O)c2ccc(Br)cc2)C(=O)N2CCCCC2C)cc(OC)c1OC. The number of amides is 2. The molecule has 1 saturated heterocycles. The molecule has 1 aliphatic rings. The van der Waals surface area contributed by atoms with Gasteiger partial charge in [0.1, 0.15) is 5.70 Å². The standard InChI is InChI=1S/C25H29BrN2O5/c1-16-7-5-6-12-28(16)25(30)20(27-24(29)18-8-10-19(26)11-9-18)13-17-14-21(31-2)23(33-4)22(15-17)32-3/h8-11,13-16H,5-7,12H2,1-4H3,(H,27,29)/b20-13-. The van der Waals surface area contributed by atoms with Crippen molar-refractivity contribution in [1.29, 1.82) is 0 Å². The Morgan fingerprint density at radius 2 is 1.67 bits per heavy atom. The van der Waals surface area contributed by atoms with Crippen molar-refractivity contribution in [2.24, 2.45) is 0 Å². The molecule has 33 heavy (non-hydrogen) atoms. The van der Waals surface area contributed by atoms with Gasteiger partial charge in [-0.25, -0.2) is 0 Å². The van der Waals surface area contributed by atoms with Crippen LogP contribution in [0, 0.1) is 0 Å². The quantitative estimate of drug-likeness (QED) is 0.542. The largest absolute Gasteiger partial charge is 0.493 e. The van der Waals surface area contributed by atoms with Gasteiger partial charge in [0.05, 0.1) is 21.3 Å². The van der Waals surface area contributed by atoms with Crippen LogP contribution in [0.15, 0.2) is 46.6 Å². The van der Waals surface area contributed by atoms with Gasteiger partial charge in [-0.2, -0.15) is 0 Å². The summed E-state index contributed by atoms with van der Waals surface area (Å²) in [6.45, 7) is 2.69. The zero-order chi connectivity index (χ0) is 24.0. The van der Waals surface area contributed by atoms with Gasteiger partial charge in [-0.05, 0) is 74.2 Å². The van der Waals surface area contributed by atoms with Crippen molar-refractivity contribution < 1.29 is 23.8 Å². The number of piperidine rings is 1. The first-order valence-electron chi connectivity index (χ1n) is 10.8. The average Bonchev–Trinajstić information content (AvgIpc) is 2.83. The number of hydrogen-bond donors (Lipinski definition) is 1. The molecular formula is C25H29BrN2O5. The number of ether oxygens (including phenoxy) is 3. The van der Waals surface area contributed by atoms with Crippen LogP contribution in [0.4, 0.5) is 0 Å². The van der Waals surface area contributed by atoms with Crippen LogP contribution in [-0.2, 0) is 4.79 Å². The third-order valence-corrected chi connectivity index (χ3v) is 6.18. The Bertz CT molecular complexity index is 1010. The van der Waals surface area contributed by atoms with Crippen molar-refractivity contribution in [3.05, 3.63) is 57.7 Å². The summed E-state index contributed by atoms with van der Waals surface area (Å²) in [7, 11) is 4.59. The second-order valence-corrected chi connectivity index (χ2v) is 8.74. The fourth-order valence-corrected chi connectivity index (χ4v) is 4.12. The number of halogens is 1. The van der Waals surface area contributed by atoms with Crippen LogP contribution in [0.5, 0.6) is 17.2 Å². The topological polar surface area (TPSA) is 77.1 Å². The van der Waals surface area contributed by atoms with E-state index in [4.69, 9.17) is 14.2 Å². The summed E-state index contributed by atoms with van der Waals surface area (Å²) in [4.78, 5) is 28.3. The number of benzene rings is 2. The van der Waals surface area contributed by atoms with Crippen molar-refractivity contribution in [3.63, 3.8) is 0 Å². The molecule has 2 amide bonds. The van der Waals surface area contributed by atoms with Gasteiger partial charge in [-0.1, -0.05) is 15.9 Å². The van der Waals surface area contributed by atoms with E-state index in [1.807, 2.05) is 11.8 Å². The molecule has 0 spiro atoms. The molecule has 0 aromatic heterocycles. The van der Waals surface area contributed by atoms with Crippen molar-refractivity contribution >= 4 is 33.8 Å². The molecule has 0 radical (unpaired) electrons. The summed E-state index contributed by atoms with van der Waals surface area (Å²) < 4.78 is 17.1. The van der Waals surface area contributed by atoms with Gasteiger partial charge in [-0.3, -0.25) is 9.59 Å². The molecule has 1 fully saturated rings. The predicted molar refractivity (Wildman–Crippen MR) is 131 cm³/mol. The van der Waals surface area contributed by atoms with Gasteiger partial charge in [0, 0.05) is 22.6 Å². The minimum absolute atomic E-state index is 0.0965. The number of methoxy groups -OCH3 is 3. The van der Waals surface area contributed by atoms with Crippen LogP contribution in [0.1, 0.15) is 42.1 Å². The summed E-state index contributed by atoms with van der Waals surface area (Å²) >= 11 is 3.37. The summed E-state index contributed by atoms with van der Waals surface area (Å²) in [6, 6.07) is 10.5. The number of nitrogens with zero attached hydrogens (tertiary/aromatic N) is 1. The maximum Gasteiger partial charge on any atom is 0.270 e. The molecule has 1 atom stereocenters. The van der Waals surface area contributed by atoms with E-state index >= 15 is 0 Å². The molecule has 1 unspecified atom stereocenters. The molecule has 0 saturated carbocycles. The fourth-order valence-electron chi connectivity index (χ4n) is 3.85. The van der Waals surface area contributed by atoms with Gasteiger partial charge >= 0.3 is 0 Å². The van der Waals surface area contributed by atoms with Crippen molar-refractivity contribution in [1.82, 2.24) is 10.2 Å². The minimum Gasteiger partial charge on any atom is -0.493 e. The van der Waals surface area contributed by atoms with E-state index in [0.29, 0.717) is 34.9 Å². The number of hydrogen-bond acceptors (Lipinski definition) is 5. The highest BCUT2D eigenvalue weighted by atomic mass is 79.9. The highest BCUT2D eigenvalue weighted by Crippen LogP contribution is 2.38. The lowest BCUT2D eigenvalue weighted by molar-refractivity contribution is -0.130. The molecule has 176 valence electrons. The minimum atomic E-state index is -0.362. The molecule has 0 aliphatic carbocycles. The van der Waals surface area contributed by atoms with Crippen LogP contribution in [0.2, 0.25) is 0 Å². The molecule has 1 aliphatic heterocycles. The number of carbonyl (C=O) groups excluding carboxylic acids is 2. The molecule has 2 aromatic rings. The Kier molecular flexibility index (Phi) is 8.38. The average molecular weight is 517 g/mol. The summed E-state index contributed by atoms with van der Waals surface area (Å²) in [5, 5.41) is 2.83. The zero-order valence-electron chi connectivity index (χ0n) is 19.3. The smallest absolute Gasteiger partial charge is 0.270 e. The first kappa shape index (κ1) is 24.6. The maximum atomic E-state index is 13.5. The first-order chi connectivity index (χ1) is 15.9. The third-order valence-electron chi connectivity index (χ3n) is 5.65. The van der Waals surface area contributed by atoms with Gasteiger partial charge in [0.25, 0.3) is 11.8 Å². The summed E-state index contributed by atoms with van der Waals surface area (Å²) in [5.41, 5.74) is 1.27. The molecule has 2 aromatic carbocycles. The van der Waals surface area contributed by atoms with Crippen LogP contribution >= 0.6 is 15.9 Å². The Morgan fingerprint density at radius 1 is 1.03 bits per heavy atom. The molecule has 7 nitrogen and oxygen atoms in total. The van der Waals surface area contributed by atoms with Crippen LogP contribution in [0.3, 0.4) is 0 Å². The van der Waals surface area contributed by atoms with Crippen molar-refractivity contribution in [2.45, 2.75) is 32.2 Å². The highest BCUT2D eigenvalue weighted by molar-refractivity contribution is 9.10. The number of likely N-dealkylation sites (tertiary alicyclic amines) is 1. The van der Waals surface area contributed by atoms with Crippen LogP contribution in [0.25, 0.3) is 6.08 Å². The Hall–Kier alpha value is -3.00. The van der Waals surface area contributed by atoms with Gasteiger partial charge in [0.2, 0.25) is 5.75 Å². The molecule has 8 heteroatoms. The third kappa shape index (κ3) is 5.87. The van der Waals surface area contributed by atoms with E-state index in [1.54, 1.807) is 42.5 Å². The van der Waals surface area contributed by atoms with E-state index in [9.17, 15) is 9.59 Å². The van der Waals surface area contributed by atoms with Gasteiger partial charge in [0.15, 0.2) is 11.5 Å². The number of rotatable bonds is 7. The number of nitrogens with one attached hydrogen (secondary N) is 1. The normalized spacial score (nSPS) is 16.2. The molecule has 0 bridgehead atoms. The van der Waals surface area contributed by atoms with E-state index in [1.165, 1.54) is 21.3 Å². The van der Waals surface area contributed by atoms with Gasteiger partial charge in [-0.15, -0.1) is 0 Å². The molecular weight excluding hydrogens is 488 g/mol. The lowest BCUT2D eigenvalue weighted by Gasteiger charge is -2.34. The molecule has 3 rings (SSSR count). The van der Waals surface area contributed by atoms with Crippen LogP contribution < -0.4 is 19.5 Å². The second-order valence-electron chi connectivity index (χ2n) is 7.82. The van der Waals surface area contributed by atoms with Crippen LogP contribution in [-0.4, -0.2) is 50.6 Å². The first-order valence-corrected chi connectivity index (χ1v) is 11.6. The van der Waals surface area contributed by atoms with E-state index in [2.05, 4.69) is 21.2 Å². The van der Waals surface area contributed by atoms with E-state index < -0.39 is 0 Å². The fraction of sp³-hybridized carbons (Fsp3) is 0.360. The van der Waals surface area contributed by atoms with Gasteiger partial charge < -0.3 is 24.4 Å². The summed E-state index contributed by atoms with van der Waals surface area (Å²) in [5.74, 6) is 0.787. The summed E-state index contributed by atoms with van der Waals surface area (Å²) in [6.07, 6.45) is 4.60. The highest BCUT2D eigenvalue weighted by Gasteiger charge is 2.27. The maximum absolute atomic E-state index is 13.5. The molecule has 1 N–H and O–H groups in total. The Morgan fingerprint density at radius 3 is 2.21 bits per heavy atom. The number of carbonyl (C=O) groups is 2. The predicted octanol–water partition coefficient (Wildman–Crippen LogP) is 4.65. The van der Waals surface area contributed by atoms with Crippen molar-refractivity contribution in [3.8, 4) is 17.2 Å². The lowest BCUT2D eigenvalue weighted by Crippen LogP contribution is -2.45. The Balaban J connectivity index is 2.02. The van der Waals surface area contributed by atoms with E-state index in [-0.39, 0.29) is 23.6 Å². The second kappa shape index (κ2) is 11.2. The lowest BCUT2D eigenvalue weighted by atomic mass is 10.0.